The number of nitrogens with zero attached hydrogens (tertiary/aromatic N) is 1. The van der Waals surface area contributed by atoms with Crippen molar-refractivity contribution in [1.82, 2.24) is 10.3 Å². The molecule has 1 heterocycles. The zero-order valence-electron chi connectivity index (χ0n) is 10.2. The van der Waals surface area contributed by atoms with Crippen LogP contribution in [0.15, 0.2) is 22.8 Å². The lowest BCUT2D eigenvalue weighted by Crippen LogP contribution is -2.26. The Balaban J connectivity index is 1.60. The summed E-state index contributed by atoms with van der Waals surface area (Å²) < 4.78 is 6.21. The van der Waals surface area contributed by atoms with E-state index in [-0.39, 0.29) is 5.91 Å². The van der Waals surface area contributed by atoms with Crippen LogP contribution in [0, 0.1) is 5.92 Å². The van der Waals surface area contributed by atoms with Crippen molar-refractivity contribution in [3.63, 3.8) is 0 Å². The first-order valence-electron chi connectivity index (χ1n) is 6.24. The molecule has 5 heteroatoms. The topological polar surface area (TPSA) is 51.2 Å². The molecule has 1 aliphatic rings. The molecule has 0 saturated heterocycles. The molecular weight excluding hydrogens is 296 g/mol. The zero-order valence-corrected chi connectivity index (χ0v) is 11.8. The lowest BCUT2D eigenvalue weighted by atomic mass is 10.3. The quantitative estimate of drug-likeness (QED) is 0.787. The van der Waals surface area contributed by atoms with Crippen LogP contribution in [0.25, 0.3) is 0 Å². The molecule has 0 atom stereocenters. The summed E-state index contributed by atoms with van der Waals surface area (Å²) in [5.74, 6) is 0.647. The third kappa shape index (κ3) is 4.38. The van der Waals surface area contributed by atoms with Crippen molar-refractivity contribution in [2.75, 3.05) is 19.8 Å². The highest BCUT2D eigenvalue weighted by Crippen LogP contribution is 2.28. The molecule has 1 aromatic heterocycles. The average molecular weight is 313 g/mol. The minimum absolute atomic E-state index is 0.148. The van der Waals surface area contributed by atoms with Gasteiger partial charge in [-0.1, -0.05) is 0 Å². The van der Waals surface area contributed by atoms with Crippen molar-refractivity contribution >= 4 is 21.8 Å². The van der Waals surface area contributed by atoms with Crippen LogP contribution in [0.2, 0.25) is 0 Å². The first-order valence-corrected chi connectivity index (χ1v) is 7.03. The van der Waals surface area contributed by atoms with E-state index in [1.54, 1.807) is 18.3 Å². The number of ether oxygens (including phenoxy) is 1. The van der Waals surface area contributed by atoms with E-state index in [0.717, 1.165) is 18.9 Å². The molecule has 4 nitrogen and oxygen atoms in total. The van der Waals surface area contributed by atoms with Crippen molar-refractivity contribution in [2.45, 2.75) is 19.3 Å². The number of carbonyl (C=O) groups excluding carboxylic acids is 1. The van der Waals surface area contributed by atoms with Gasteiger partial charge in [0.1, 0.15) is 5.69 Å². The Morgan fingerprint density at radius 1 is 1.56 bits per heavy atom. The van der Waals surface area contributed by atoms with Crippen LogP contribution >= 0.6 is 15.9 Å². The van der Waals surface area contributed by atoms with Crippen LogP contribution in [0.3, 0.4) is 0 Å². The van der Waals surface area contributed by atoms with Crippen LogP contribution in [-0.2, 0) is 4.74 Å². The number of nitrogens with one attached hydrogen (secondary N) is 1. The molecule has 1 N–H and O–H groups in total. The highest BCUT2D eigenvalue weighted by atomic mass is 79.9. The molecule has 98 valence electrons. The summed E-state index contributed by atoms with van der Waals surface area (Å²) in [7, 11) is 0. The molecule has 0 radical (unpaired) electrons. The van der Waals surface area contributed by atoms with Gasteiger partial charge >= 0.3 is 0 Å². The van der Waals surface area contributed by atoms with Gasteiger partial charge in [0.2, 0.25) is 0 Å². The molecule has 1 saturated carbocycles. The number of carbonyl (C=O) groups is 1. The SMILES string of the molecule is O=C(NCCCOCC1CC1)c1ncccc1Br. The molecule has 0 aromatic carbocycles. The minimum atomic E-state index is -0.148. The fraction of sp³-hybridized carbons (Fsp3) is 0.538. The highest BCUT2D eigenvalue weighted by Gasteiger charge is 2.20. The first-order chi connectivity index (χ1) is 8.77. The summed E-state index contributed by atoms with van der Waals surface area (Å²) in [6.45, 7) is 2.20. The first kappa shape index (κ1) is 13.5. The maximum Gasteiger partial charge on any atom is 0.271 e. The van der Waals surface area contributed by atoms with E-state index in [1.165, 1.54) is 12.8 Å². The number of rotatable bonds is 7. The van der Waals surface area contributed by atoms with Gasteiger partial charge in [0.25, 0.3) is 5.91 Å². The average Bonchev–Trinajstić information content (AvgIpc) is 3.18. The van der Waals surface area contributed by atoms with Gasteiger partial charge in [-0.05, 0) is 53.2 Å². The fourth-order valence-electron chi connectivity index (χ4n) is 1.55. The molecule has 0 aliphatic heterocycles. The molecule has 1 aliphatic carbocycles. The van der Waals surface area contributed by atoms with Crippen molar-refractivity contribution < 1.29 is 9.53 Å². The predicted octanol–water partition coefficient (Wildman–Crippen LogP) is 2.39. The van der Waals surface area contributed by atoms with E-state index in [0.29, 0.717) is 23.3 Å². The second-order valence-corrected chi connectivity index (χ2v) is 5.32. The van der Waals surface area contributed by atoms with Crippen LogP contribution in [-0.4, -0.2) is 30.6 Å². The molecule has 0 unspecified atom stereocenters. The van der Waals surface area contributed by atoms with Crippen molar-refractivity contribution in [1.29, 1.82) is 0 Å². The number of pyridine rings is 1. The highest BCUT2D eigenvalue weighted by molar-refractivity contribution is 9.10. The van der Waals surface area contributed by atoms with Crippen LogP contribution in [0.4, 0.5) is 0 Å². The predicted molar refractivity (Wildman–Crippen MR) is 72.4 cm³/mol. The molecule has 0 spiro atoms. The number of amides is 1. The summed E-state index contributed by atoms with van der Waals surface area (Å²) in [5, 5.41) is 2.83. The van der Waals surface area contributed by atoms with E-state index in [2.05, 4.69) is 26.2 Å². The second kappa shape index (κ2) is 6.85. The Morgan fingerprint density at radius 2 is 2.39 bits per heavy atom. The molecule has 1 amide bonds. The van der Waals surface area contributed by atoms with Gasteiger partial charge < -0.3 is 10.1 Å². The number of aromatic nitrogens is 1. The van der Waals surface area contributed by atoms with Gasteiger partial charge in [-0.25, -0.2) is 4.98 Å². The number of hydrogen-bond acceptors (Lipinski definition) is 3. The molecule has 0 bridgehead atoms. The molecule has 1 fully saturated rings. The van der Waals surface area contributed by atoms with Crippen LogP contribution in [0.5, 0.6) is 0 Å². The second-order valence-electron chi connectivity index (χ2n) is 4.46. The summed E-state index contributed by atoms with van der Waals surface area (Å²) in [4.78, 5) is 15.8. The summed E-state index contributed by atoms with van der Waals surface area (Å²) in [6, 6.07) is 3.59. The van der Waals surface area contributed by atoms with Crippen molar-refractivity contribution in [2.24, 2.45) is 5.92 Å². The number of halogens is 1. The normalized spacial score (nSPS) is 14.5. The van der Waals surface area contributed by atoms with Gasteiger partial charge in [-0.15, -0.1) is 0 Å². The Bertz CT molecular complexity index is 408. The van der Waals surface area contributed by atoms with Gasteiger partial charge in [0.05, 0.1) is 0 Å². The fourth-order valence-corrected chi connectivity index (χ4v) is 1.98. The Kier molecular flexibility index (Phi) is 5.13. The standard InChI is InChI=1S/C13H17BrN2O2/c14-11-3-1-6-15-12(11)13(17)16-7-2-8-18-9-10-4-5-10/h1,3,6,10H,2,4-5,7-9H2,(H,16,17). The third-order valence-corrected chi connectivity index (χ3v) is 3.41. The maximum absolute atomic E-state index is 11.8. The van der Waals surface area contributed by atoms with Gasteiger partial charge in [-0.2, -0.15) is 0 Å². The summed E-state index contributed by atoms with van der Waals surface area (Å²) in [6.07, 6.45) is 5.07. The lowest BCUT2D eigenvalue weighted by molar-refractivity contribution is 0.0932. The molecule has 2 rings (SSSR count). The monoisotopic (exact) mass is 312 g/mol. The van der Waals surface area contributed by atoms with Crippen LogP contribution in [0.1, 0.15) is 29.8 Å². The summed E-state index contributed by atoms with van der Waals surface area (Å²) >= 11 is 3.31. The Labute approximate surface area is 115 Å². The lowest BCUT2D eigenvalue weighted by Gasteiger charge is -2.06. The van der Waals surface area contributed by atoms with Crippen molar-refractivity contribution in [3.8, 4) is 0 Å². The zero-order chi connectivity index (χ0) is 12.8. The number of hydrogen-bond donors (Lipinski definition) is 1. The Hall–Kier alpha value is -0.940. The maximum atomic E-state index is 11.8. The van der Waals surface area contributed by atoms with Gasteiger partial charge in [-0.3, -0.25) is 4.79 Å². The summed E-state index contributed by atoms with van der Waals surface area (Å²) in [5.41, 5.74) is 0.427. The van der Waals surface area contributed by atoms with Crippen LogP contribution < -0.4 is 5.32 Å². The van der Waals surface area contributed by atoms with Crippen molar-refractivity contribution in [3.05, 3.63) is 28.5 Å². The molecular formula is C13H17BrN2O2. The Morgan fingerprint density at radius 3 is 3.11 bits per heavy atom. The van der Waals surface area contributed by atoms with E-state index in [4.69, 9.17) is 4.74 Å². The third-order valence-electron chi connectivity index (χ3n) is 2.78. The van der Waals surface area contributed by atoms with Gasteiger partial charge in [0.15, 0.2) is 0 Å². The smallest absolute Gasteiger partial charge is 0.271 e. The molecule has 1 aromatic rings. The molecule has 18 heavy (non-hydrogen) atoms. The van der Waals surface area contributed by atoms with E-state index in [1.807, 2.05) is 0 Å². The van der Waals surface area contributed by atoms with Gasteiger partial charge in [0, 0.05) is 30.4 Å². The van der Waals surface area contributed by atoms with E-state index in [9.17, 15) is 4.79 Å². The van der Waals surface area contributed by atoms with E-state index >= 15 is 0 Å². The van der Waals surface area contributed by atoms with E-state index < -0.39 is 0 Å². The minimum Gasteiger partial charge on any atom is -0.381 e. The largest absolute Gasteiger partial charge is 0.381 e.